The van der Waals surface area contributed by atoms with E-state index in [4.69, 9.17) is 4.74 Å². The SMILES string of the molecule is C[C@H]1CCN(c2c(NC(=O)c3ccc(=O)n(-c4c(F)cccc4F)n3)ccc3c2cnn3[C@@H]2CCOC2)C1. The number of para-hydroxylation sites is 1. The van der Waals surface area contributed by atoms with Crippen LogP contribution in [-0.2, 0) is 4.74 Å². The molecule has 1 N–H and O–H groups in total. The highest BCUT2D eigenvalue weighted by molar-refractivity contribution is 6.08. The van der Waals surface area contributed by atoms with Crippen LogP contribution in [0.4, 0.5) is 20.2 Å². The van der Waals surface area contributed by atoms with Gasteiger partial charge in [0, 0.05) is 31.1 Å². The van der Waals surface area contributed by atoms with Crippen molar-refractivity contribution in [2.45, 2.75) is 25.8 Å². The van der Waals surface area contributed by atoms with E-state index in [1.54, 1.807) is 0 Å². The summed E-state index contributed by atoms with van der Waals surface area (Å²) in [6.45, 7) is 5.15. The van der Waals surface area contributed by atoms with Gasteiger partial charge in [0.1, 0.15) is 11.4 Å². The molecule has 0 aliphatic carbocycles. The van der Waals surface area contributed by atoms with Gasteiger partial charge in [0.05, 0.1) is 35.7 Å². The molecular weight excluding hydrogens is 494 g/mol. The Kier molecular flexibility index (Phi) is 6.15. The Bertz CT molecular complexity index is 1570. The zero-order valence-electron chi connectivity index (χ0n) is 20.7. The highest BCUT2D eigenvalue weighted by Crippen LogP contribution is 2.39. The number of rotatable bonds is 5. The second-order valence-electron chi connectivity index (χ2n) is 9.83. The molecule has 38 heavy (non-hydrogen) atoms. The van der Waals surface area contributed by atoms with E-state index in [2.05, 4.69) is 27.3 Å². The molecular formula is C27H26F2N6O3. The lowest BCUT2D eigenvalue weighted by Crippen LogP contribution is -2.27. The molecule has 11 heteroatoms. The minimum atomic E-state index is -0.960. The Morgan fingerprint density at radius 1 is 1.08 bits per heavy atom. The number of nitrogens with one attached hydrogen (secondary N) is 1. The van der Waals surface area contributed by atoms with E-state index < -0.39 is 28.8 Å². The number of amides is 1. The van der Waals surface area contributed by atoms with Crippen LogP contribution < -0.4 is 15.8 Å². The molecule has 196 valence electrons. The minimum absolute atomic E-state index is 0.155. The summed E-state index contributed by atoms with van der Waals surface area (Å²) in [7, 11) is 0. The molecule has 2 saturated heterocycles. The van der Waals surface area contributed by atoms with Gasteiger partial charge in [-0.2, -0.15) is 14.9 Å². The van der Waals surface area contributed by atoms with E-state index in [1.807, 2.05) is 23.0 Å². The van der Waals surface area contributed by atoms with Crippen molar-refractivity contribution in [3.8, 4) is 5.69 Å². The highest BCUT2D eigenvalue weighted by atomic mass is 19.1. The van der Waals surface area contributed by atoms with Gasteiger partial charge < -0.3 is 15.0 Å². The van der Waals surface area contributed by atoms with Gasteiger partial charge in [-0.3, -0.25) is 14.3 Å². The molecule has 6 rings (SSSR count). The van der Waals surface area contributed by atoms with Crippen molar-refractivity contribution >= 4 is 28.2 Å². The van der Waals surface area contributed by atoms with E-state index in [0.29, 0.717) is 29.5 Å². The van der Waals surface area contributed by atoms with Gasteiger partial charge in [-0.05, 0) is 49.1 Å². The van der Waals surface area contributed by atoms with Crippen molar-refractivity contribution in [1.82, 2.24) is 19.6 Å². The number of aromatic nitrogens is 4. The number of fused-ring (bicyclic) bond motifs is 1. The van der Waals surface area contributed by atoms with Crippen LogP contribution in [0, 0.1) is 17.6 Å². The van der Waals surface area contributed by atoms with Crippen LogP contribution in [0.25, 0.3) is 16.6 Å². The van der Waals surface area contributed by atoms with Crippen LogP contribution >= 0.6 is 0 Å². The molecule has 4 aromatic rings. The van der Waals surface area contributed by atoms with Crippen molar-refractivity contribution in [2.24, 2.45) is 5.92 Å². The second-order valence-corrected chi connectivity index (χ2v) is 9.83. The Hall–Kier alpha value is -4.12. The van der Waals surface area contributed by atoms with Crippen LogP contribution in [0.1, 0.15) is 36.3 Å². The van der Waals surface area contributed by atoms with Gasteiger partial charge in [-0.25, -0.2) is 8.78 Å². The number of hydrogen-bond acceptors (Lipinski definition) is 6. The summed E-state index contributed by atoms with van der Waals surface area (Å²) in [6, 6.07) is 9.44. The second kappa shape index (κ2) is 9.64. The number of anilines is 2. The third kappa shape index (κ3) is 4.22. The maximum absolute atomic E-state index is 14.4. The summed E-state index contributed by atoms with van der Waals surface area (Å²) in [6.07, 6.45) is 3.73. The molecule has 0 unspecified atom stereocenters. The summed E-state index contributed by atoms with van der Waals surface area (Å²) >= 11 is 0. The first kappa shape index (κ1) is 24.2. The molecule has 2 aliphatic heterocycles. The normalized spacial score (nSPS) is 19.4. The zero-order valence-corrected chi connectivity index (χ0v) is 20.7. The van der Waals surface area contributed by atoms with E-state index >= 15 is 0 Å². The summed E-state index contributed by atoms with van der Waals surface area (Å²) in [4.78, 5) is 28.0. The maximum atomic E-state index is 14.4. The fourth-order valence-electron chi connectivity index (χ4n) is 5.26. The molecule has 0 spiro atoms. The first-order valence-electron chi connectivity index (χ1n) is 12.6. The largest absolute Gasteiger partial charge is 0.379 e. The lowest BCUT2D eigenvalue weighted by Gasteiger charge is -2.23. The van der Waals surface area contributed by atoms with Crippen molar-refractivity contribution in [1.29, 1.82) is 0 Å². The highest BCUT2D eigenvalue weighted by Gasteiger charge is 2.27. The molecule has 0 radical (unpaired) electrons. The molecule has 9 nitrogen and oxygen atoms in total. The molecule has 1 amide bonds. The third-order valence-corrected chi connectivity index (χ3v) is 7.17. The average Bonchev–Trinajstić information content (AvgIpc) is 3.66. The van der Waals surface area contributed by atoms with Gasteiger partial charge in [0.25, 0.3) is 11.5 Å². The van der Waals surface area contributed by atoms with Gasteiger partial charge >= 0.3 is 0 Å². The van der Waals surface area contributed by atoms with E-state index in [0.717, 1.165) is 60.7 Å². The molecule has 0 saturated carbocycles. The van der Waals surface area contributed by atoms with Crippen LogP contribution in [-0.4, -0.2) is 51.8 Å². The third-order valence-electron chi connectivity index (χ3n) is 7.17. The average molecular weight is 521 g/mol. The molecule has 2 aromatic heterocycles. The fraction of sp³-hybridized carbons (Fsp3) is 0.333. The van der Waals surface area contributed by atoms with Crippen molar-refractivity contribution < 1.29 is 18.3 Å². The first-order valence-corrected chi connectivity index (χ1v) is 12.6. The van der Waals surface area contributed by atoms with E-state index in [1.165, 1.54) is 12.1 Å². The topological polar surface area (TPSA) is 94.3 Å². The first-order chi connectivity index (χ1) is 18.4. The molecule has 2 atom stereocenters. The van der Waals surface area contributed by atoms with Gasteiger partial charge in [0.15, 0.2) is 11.6 Å². The number of ether oxygens (including phenoxy) is 1. The Labute approximate surface area is 216 Å². The lowest BCUT2D eigenvalue weighted by atomic mass is 10.1. The van der Waals surface area contributed by atoms with E-state index in [-0.39, 0.29) is 11.7 Å². The van der Waals surface area contributed by atoms with Crippen molar-refractivity contribution in [3.05, 3.63) is 76.3 Å². The van der Waals surface area contributed by atoms with Crippen molar-refractivity contribution in [3.63, 3.8) is 0 Å². The molecule has 2 aliphatic rings. The van der Waals surface area contributed by atoms with Gasteiger partial charge in [-0.1, -0.05) is 13.0 Å². The van der Waals surface area contributed by atoms with Crippen LogP contribution in [0.5, 0.6) is 0 Å². The molecule has 2 aromatic carbocycles. The fourth-order valence-corrected chi connectivity index (χ4v) is 5.26. The summed E-state index contributed by atoms with van der Waals surface area (Å²) in [5.41, 5.74) is 0.821. The Balaban J connectivity index is 1.39. The predicted molar refractivity (Wildman–Crippen MR) is 138 cm³/mol. The monoisotopic (exact) mass is 520 g/mol. The van der Waals surface area contributed by atoms with Crippen LogP contribution in [0.2, 0.25) is 0 Å². The number of carbonyl (C=O) groups excluding carboxylic acids is 1. The predicted octanol–water partition coefficient (Wildman–Crippen LogP) is 3.92. The number of nitrogens with zero attached hydrogens (tertiary/aromatic N) is 5. The Morgan fingerprint density at radius 3 is 2.61 bits per heavy atom. The number of halogens is 2. The van der Waals surface area contributed by atoms with Crippen LogP contribution in [0.15, 0.2) is 53.5 Å². The van der Waals surface area contributed by atoms with Crippen LogP contribution in [0.3, 0.4) is 0 Å². The number of carbonyl (C=O) groups is 1. The van der Waals surface area contributed by atoms with E-state index in [9.17, 15) is 18.4 Å². The molecule has 4 heterocycles. The van der Waals surface area contributed by atoms with Crippen molar-refractivity contribution in [2.75, 3.05) is 36.5 Å². The standard InChI is InChI=1S/C27H26F2N6O3/c1-16-9-11-33(14-16)25-18-13-30-34(17-10-12-38-15-17)23(18)7-5-21(25)31-27(37)22-6-8-24(36)35(32-22)26-19(28)3-2-4-20(26)29/h2-8,13,16-17H,9-12,14-15H2,1H3,(H,31,37)/t16-,17+/m0/s1. The smallest absolute Gasteiger partial charge is 0.276 e. The quantitative estimate of drug-likeness (QED) is 0.429. The minimum Gasteiger partial charge on any atom is -0.379 e. The number of hydrogen-bond donors (Lipinski definition) is 1. The molecule has 2 fully saturated rings. The molecule has 0 bridgehead atoms. The lowest BCUT2D eigenvalue weighted by molar-refractivity contribution is 0.102. The van der Waals surface area contributed by atoms with Gasteiger partial charge in [-0.15, -0.1) is 0 Å². The summed E-state index contributed by atoms with van der Waals surface area (Å²) in [5, 5.41) is 12.5. The number of benzene rings is 2. The van der Waals surface area contributed by atoms with Gasteiger partial charge in [0.2, 0.25) is 0 Å². The Morgan fingerprint density at radius 2 is 1.89 bits per heavy atom. The summed E-state index contributed by atoms with van der Waals surface area (Å²) < 4.78 is 36.8. The summed E-state index contributed by atoms with van der Waals surface area (Å²) in [5.74, 6) is -2.04. The zero-order chi connectivity index (χ0) is 26.4. The maximum Gasteiger partial charge on any atom is 0.276 e.